The molecule has 21 heavy (non-hydrogen) atoms. The number of hydrogen-bond donors (Lipinski definition) is 1. The van der Waals surface area contributed by atoms with E-state index in [1.54, 1.807) is 6.07 Å². The Morgan fingerprint density at radius 1 is 1.24 bits per heavy atom. The highest BCUT2D eigenvalue weighted by atomic mass is 16.4. The van der Waals surface area contributed by atoms with Crippen molar-refractivity contribution in [1.29, 1.82) is 0 Å². The van der Waals surface area contributed by atoms with Gasteiger partial charge in [-0.3, -0.25) is 4.90 Å². The summed E-state index contributed by atoms with van der Waals surface area (Å²) in [5.74, 6) is -0.464. The van der Waals surface area contributed by atoms with Gasteiger partial charge in [-0.25, -0.2) is 4.79 Å². The fourth-order valence-corrected chi connectivity index (χ4v) is 2.90. The fourth-order valence-electron chi connectivity index (χ4n) is 2.90. The molecule has 1 aromatic heterocycles. The molecule has 0 bridgehead atoms. The van der Waals surface area contributed by atoms with Gasteiger partial charge in [0.1, 0.15) is 5.76 Å². The lowest BCUT2D eigenvalue weighted by atomic mass is 10.0. The van der Waals surface area contributed by atoms with Crippen molar-refractivity contribution in [3.05, 3.63) is 47.7 Å². The Hall–Kier alpha value is -2.07. The standard InChI is InChI=1S/C17H19NO3/c1-12(18-9-2-3-10-18)13-5-4-6-14(11-13)15-7-8-16(21-15)17(19)20/h4-8,11-12H,2-3,9-10H2,1H3,(H,19,20). The Bertz CT molecular complexity index is 641. The Balaban J connectivity index is 1.86. The molecule has 0 amide bonds. The van der Waals surface area contributed by atoms with Gasteiger partial charge in [-0.15, -0.1) is 0 Å². The van der Waals surface area contributed by atoms with Crippen molar-refractivity contribution < 1.29 is 14.3 Å². The quantitative estimate of drug-likeness (QED) is 0.928. The van der Waals surface area contributed by atoms with Gasteiger partial charge in [-0.05, 0) is 56.6 Å². The van der Waals surface area contributed by atoms with Gasteiger partial charge in [0.05, 0.1) is 0 Å². The molecule has 2 heterocycles. The second-order valence-corrected chi connectivity index (χ2v) is 5.51. The fraction of sp³-hybridized carbons (Fsp3) is 0.353. The van der Waals surface area contributed by atoms with Crippen LogP contribution in [0.5, 0.6) is 0 Å². The molecule has 1 N–H and O–H groups in total. The van der Waals surface area contributed by atoms with Crippen LogP contribution in [0.25, 0.3) is 11.3 Å². The molecule has 0 aliphatic carbocycles. The molecule has 3 rings (SSSR count). The van der Waals surface area contributed by atoms with Crippen molar-refractivity contribution in [1.82, 2.24) is 4.90 Å². The van der Waals surface area contributed by atoms with Gasteiger partial charge in [0.25, 0.3) is 0 Å². The Kier molecular flexibility index (Phi) is 3.80. The van der Waals surface area contributed by atoms with Gasteiger partial charge >= 0.3 is 5.97 Å². The maximum absolute atomic E-state index is 10.9. The minimum absolute atomic E-state index is 0.0250. The Labute approximate surface area is 124 Å². The second kappa shape index (κ2) is 5.74. The van der Waals surface area contributed by atoms with Gasteiger partial charge < -0.3 is 9.52 Å². The smallest absolute Gasteiger partial charge is 0.371 e. The predicted molar refractivity (Wildman–Crippen MR) is 80.3 cm³/mol. The first kappa shape index (κ1) is 13.9. The van der Waals surface area contributed by atoms with E-state index in [9.17, 15) is 4.79 Å². The summed E-state index contributed by atoms with van der Waals surface area (Å²) in [6.07, 6.45) is 2.54. The first-order valence-electron chi connectivity index (χ1n) is 7.32. The summed E-state index contributed by atoms with van der Waals surface area (Å²) in [6.45, 7) is 4.51. The molecule has 1 aliphatic rings. The molecular formula is C17H19NO3. The highest BCUT2D eigenvalue weighted by molar-refractivity contribution is 5.85. The molecule has 1 aliphatic heterocycles. The number of hydrogen-bond acceptors (Lipinski definition) is 3. The minimum Gasteiger partial charge on any atom is -0.475 e. The second-order valence-electron chi connectivity index (χ2n) is 5.51. The van der Waals surface area contributed by atoms with Crippen molar-refractivity contribution in [2.45, 2.75) is 25.8 Å². The van der Waals surface area contributed by atoms with E-state index in [0.717, 1.165) is 18.7 Å². The van der Waals surface area contributed by atoms with Crippen LogP contribution in [0.3, 0.4) is 0 Å². The summed E-state index contributed by atoms with van der Waals surface area (Å²) in [4.78, 5) is 13.4. The zero-order chi connectivity index (χ0) is 14.8. The molecule has 1 aromatic carbocycles. The largest absolute Gasteiger partial charge is 0.475 e. The van der Waals surface area contributed by atoms with Crippen molar-refractivity contribution in [2.75, 3.05) is 13.1 Å². The van der Waals surface area contributed by atoms with E-state index in [-0.39, 0.29) is 5.76 Å². The van der Waals surface area contributed by atoms with Crippen LogP contribution in [0.2, 0.25) is 0 Å². The molecule has 110 valence electrons. The number of carboxylic acid groups (broad SMARTS) is 1. The molecule has 0 saturated carbocycles. The maximum Gasteiger partial charge on any atom is 0.371 e. The highest BCUT2D eigenvalue weighted by Crippen LogP contribution is 2.29. The molecule has 1 atom stereocenters. The number of carboxylic acids is 1. The normalized spacial score (nSPS) is 17.0. The molecule has 0 spiro atoms. The molecule has 1 saturated heterocycles. The summed E-state index contributed by atoms with van der Waals surface area (Å²) in [5, 5.41) is 8.93. The maximum atomic E-state index is 10.9. The minimum atomic E-state index is -1.04. The Morgan fingerprint density at radius 3 is 2.67 bits per heavy atom. The van der Waals surface area contributed by atoms with Crippen LogP contribution in [0.15, 0.2) is 40.8 Å². The van der Waals surface area contributed by atoms with Crippen LogP contribution in [-0.4, -0.2) is 29.1 Å². The number of carbonyl (C=O) groups is 1. The van der Waals surface area contributed by atoms with Crippen molar-refractivity contribution in [3.8, 4) is 11.3 Å². The third-order valence-corrected chi connectivity index (χ3v) is 4.16. The van der Waals surface area contributed by atoms with E-state index in [4.69, 9.17) is 9.52 Å². The van der Waals surface area contributed by atoms with Gasteiger partial charge in [0.2, 0.25) is 5.76 Å². The average molecular weight is 285 g/mol. The highest BCUT2D eigenvalue weighted by Gasteiger charge is 2.20. The number of nitrogens with zero attached hydrogens (tertiary/aromatic N) is 1. The summed E-state index contributed by atoms with van der Waals surface area (Å²) >= 11 is 0. The van der Waals surface area contributed by atoms with Crippen molar-refractivity contribution in [2.24, 2.45) is 0 Å². The van der Waals surface area contributed by atoms with Crippen molar-refractivity contribution >= 4 is 5.97 Å². The van der Waals surface area contributed by atoms with Crippen LogP contribution in [0, 0.1) is 0 Å². The first-order chi connectivity index (χ1) is 10.1. The molecule has 0 radical (unpaired) electrons. The molecule has 2 aromatic rings. The van der Waals surface area contributed by atoms with Crippen LogP contribution in [-0.2, 0) is 0 Å². The third kappa shape index (κ3) is 2.85. The van der Waals surface area contributed by atoms with Crippen LogP contribution in [0.4, 0.5) is 0 Å². The zero-order valence-electron chi connectivity index (χ0n) is 12.1. The SMILES string of the molecule is CC(c1cccc(-c2ccc(C(=O)O)o2)c1)N1CCCC1. The molecule has 1 unspecified atom stereocenters. The van der Waals surface area contributed by atoms with Gasteiger partial charge in [-0.2, -0.15) is 0 Å². The van der Waals surface area contributed by atoms with Gasteiger partial charge in [-0.1, -0.05) is 18.2 Å². The summed E-state index contributed by atoms with van der Waals surface area (Å²) in [6, 6.07) is 11.7. The van der Waals surface area contributed by atoms with E-state index >= 15 is 0 Å². The number of benzene rings is 1. The number of likely N-dealkylation sites (tertiary alicyclic amines) is 1. The van der Waals surface area contributed by atoms with E-state index in [0.29, 0.717) is 11.8 Å². The average Bonchev–Trinajstić information content (AvgIpc) is 3.18. The third-order valence-electron chi connectivity index (χ3n) is 4.16. The molecule has 4 nitrogen and oxygen atoms in total. The molecule has 4 heteroatoms. The van der Waals surface area contributed by atoms with Crippen LogP contribution >= 0.6 is 0 Å². The van der Waals surface area contributed by atoms with E-state index < -0.39 is 5.97 Å². The van der Waals surface area contributed by atoms with E-state index in [1.165, 1.54) is 24.5 Å². The van der Waals surface area contributed by atoms with E-state index in [1.807, 2.05) is 12.1 Å². The number of furan rings is 1. The molecule has 1 fully saturated rings. The monoisotopic (exact) mass is 285 g/mol. The summed E-state index contributed by atoms with van der Waals surface area (Å²) in [5.41, 5.74) is 2.16. The van der Waals surface area contributed by atoms with E-state index in [2.05, 4.69) is 24.0 Å². The topological polar surface area (TPSA) is 53.7 Å². The zero-order valence-corrected chi connectivity index (χ0v) is 12.1. The summed E-state index contributed by atoms with van der Waals surface area (Å²) in [7, 11) is 0. The predicted octanol–water partition coefficient (Wildman–Crippen LogP) is 3.80. The number of rotatable bonds is 4. The lowest BCUT2D eigenvalue weighted by Gasteiger charge is -2.24. The van der Waals surface area contributed by atoms with Crippen LogP contribution < -0.4 is 0 Å². The summed E-state index contributed by atoms with van der Waals surface area (Å²) < 4.78 is 5.38. The lowest BCUT2D eigenvalue weighted by Crippen LogP contribution is -2.23. The Morgan fingerprint density at radius 2 is 2.00 bits per heavy atom. The van der Waals surface area contributed by atoms with Crippen molar-refractivity contribution in [3.63, 3.8) is 0 Å². The molecular weight excluding hydrogens is 266 g/mol. The lowest BCUT2D eigenvalue weighted by molar-refractivity contribution is 0.0663. The van der Waals surface area contributed by atoms with Gasteiger partial charge in [0.15, 0.2) is 0 Å². The number of aromatic carboxylic acids is 1. The first-order valence-corrected chi connectivity index (χ1v) is 7.32. The van der Waals surface area contributed by atoms with Crippen LogP contribution in [0.1, 0.15) is 41.9 Å². The van der Waals surface area contributed by atoms with Gasteiger partial charge in [0, 0.05) is 11.6 Å².